The molecule has 1 aliphatic rings. The van der Waals surface area contributed by atoms with Crippen LogP contribution in [0.15, 0.2) is 35.1 Å². The van der Waals surface area contributed by atoms with Crippen molar-refractivity contribution in [2.45, 2.75) is 13.0 Å². The number of aromatic amines is 2. The van der Waals surface area contributed by atoms with Gasteiger partial charge < -0.3 is 10.4 Å². The lowest BCUT2D eigenvalue weighted by Crippen LogP contribution is -2.34. The van der Waals surface area contributed by atoms with Crippen LogP contribution in [0.4, 0.5) is 0 Å². The molecule has 0 aliphatic carbocycles. The average Bonchev–Trinajstić information content (AvgIpc) is 3.07. The molecule has 118 valence electrons. The molecule has 8 heteroatoms. The predicted octanol–water partition coefficient (Wildman–Crippen LogP) is 0.00550. The minimum absolute atomic E-state index is 0.000123. The maximum Gasteiger partial charge on any atom is 0.264 e. The summed E-state index contributed by atoms with van der Waals surface area (Å²) in [6, 6.07) is 7.91. The lowest BCUT2D eigenvalue weighted by molar-refractivity contribution is -0.121. The number of carbonyl (C=O) groups excluding carboxylic acids is 3. The van der Waals surface area contributed by atoms with Crippen molar-refractivity contribution in [3.8, 4) is 0 Å². The molecule has 1 aromatic heterocycles. The van der Waals surface area contributed by atoms with Gasteiger partial charge in [0.2, 0.25) is 5.91 Å². The van der Waals surface area contributed by atoms with Crippen molar-refractivity contribution >= 4 is 17.7 Å². The second kappa shape index (κ2) is 5.91. The van der Waals surface area contributed by atoms with Crippen molar-refractivity contribution in [2.75, 3.05) is 6.54 Å². The quantitative estimate of drug-likeness (QED) is 0.674. The van der Waals surface area contributed by atoms with Gasteiger partial charge in [-0.25, -0.2) is 0 Å². The summed E-state index contributed by atoms with van der Waals surface area (Å²) in [6.45, 7) is 0.182. The van der Waals surface area contributed by atoms with Crippen molar-refractivity contribution in [1.82, 2.24) is 20.4 Å². The topological polar surface area (TPSA) is 115 Å². The highest BCUT2D eigenvalue weighted by Crippen LogP contribution is 2.22. The lowest BCUT2D eigenvalue weighted by Gasteiger charge is -2.13. The van der Waals surface area contributed by atoms with Gasteiger partial charge in [-0.15, -0.1) is 0 Å². The van der Waals surface area contributed by atoms with Crippen LogP contribution < -0.4 is 10.9 Å². The number of fused-ring (bicyclic) bond motifs is 1. The molecular formula is C15H14N4O4. The zero-order valence-electron chi connectivity index (χ0n) is 12.1. The van der Waals surface area contributed by atoms with Crippen molar-refractivity contribution in [3.63, 3.8) is 0 Å². The number of hydrogen-bond donors (Lipinski definition) is 3. The van der Waals surface area contributed by atoms with Crippen LogP contribution in [-0.2, 0) is 11.3 Å². The summed E-state index contributed by atoms with van der Waals surface area (Å²) in [5, 5.41) is 7.58. The molecule has 3 N–H and O–H groups in total. The SMILES string of the molecule is O=C(CCN1C(=O)c2ccccc2C1=O)NCc1cc(=O)[nH][nH]1. The van der Waals surface area contributed by atoms with E-state index in [0.29, 0.717) is 16.8 Å². The van der Waals surface area contributed by atoms with Crippen LogP contribution in [0.1, 0.15) is 32.8 Å². The van der Waals surface area contributed by atoms with Gasteiger partial charge in [-0.2, -0.15) is 0 Å². The molecule has 0 saturated carbocycles. The van der Waals surface area contributed by atoms with Gasteiger partial charge in [-0.3, -0.25) is 29.2 Å². The van der Waals surface area contributed by atoms with E-state index in [1.54, 1.807) is 24.3 Å². The van der Waals surface area contributed by atoms with Gasteiger partial charge in [-0.05, 0) is 12.1 Å². The molecule has 3 rings (SSSR count). The molecule has 2 aromatic rings. The molecule has 0 spiro atoms. The smallest absolute Gasteiger partial charge is 0.264 e. The first kappa shape index (κ1) is 14.8. The summed E-state index contributed by atoms with van der Waals surface area (Å²) in [4.78, 5) is 48.1. The van der Waals surface area contributed by atoms with Gasteiger partial charge in [0.15, 0.2) is 0 Å². The molecule has 0 atom stereocenters. The molecule has 23 heavy (non-hydrogen) atoms. The van der Waals surface area contributed by atoms with Gasteiger partial charge in [0.05, 0.1) is 23.4 Å². The number of nitrogens with one attached hydrogen (secondary N) is 3. The summed E-state index contributed by atoms with van der Waals surface area (Å²) in [5.41, 5.74) is 0.995. The summed E-state index contributed by atoms with van der Waals surface area (Å²) < 4.78 is 0. The number of rotatable bonds is 5. The van der Waals surface area contributed by atoms with E-state index in [9.17, 15) is 19.2 Å². The number of aromatic nitrogens is 2. The van der Waals surface area contributed by atoms with E-state index in [1.807, 2.05) is 0 Å². The number of carbonyl (C=O) groups is 3. The molecule has 0 bridgehead atoms. The van der Waals surface area contributed by atoms with Gasteiger partial charge >= 0.3 is 0 Å². The second-order valence-corrected chi connectivity index (χ2v) is 5.12. The number of imide groups is 1. The normalized spacial score (nSPS) is 13.3. The highest BCUT2D eigenvalue weighted by atomic mass is 16.2. The lowest BCUT2D eigenvalue weighted by atomic mass is 10.1. The van der Waals surface area contributed by atoms with E-state index in [2.05, 4.69) is 15.5 Å². The third-order valence-electron chi connectivity index (χ3n) is 3.57. The van der Waals surface area contributed by atoms with Crippen LogP contribution >= 0.6 is 0 Å². The molecule has 0 fully saturated rings. The molecule has 8 nitrogen and oxygen atoms in total. The molecule has 1 aromatic carbocycles. The zero-order valence-corrected chi connectivity index (χ0v) is 12.1. The summed E-state index contributed by atoms with van der Waals surface area (Å²) >= 11 is 0. The second-order valence-electron chi connectivity index (χ2n) is 5.12. The molecular weight excluding hydrogens is 300 g/mol. The highest BCUT2D eigenvalue weighted by Gasteiger charge is 2.34. The van der Waals surface area contributed by atoms with Crippen LogP contribution in [0.2, 0.25) is 0 Å². The number of H-pyrrole nitrogens is 2. The third-order valence-corrected chi connectivity index (χ3v) is 3.57. The van der Waals surface area contributed by atoms with Crippen LogP contribution in [0.25, 0.3) is 0 Å². The number of nitrogens with zero attached hydrogens (tertiary/aromatic N) is 1. The fourth-order valence-corrected chi connectivity index (χ4v) is 2.41. The predicted molar refractivity (Wildman–Crippen MR) is 79.7 cm³/mol. The summed E-state index contributed by atoms with van der Waals surface area (Å²) in [6.07, 6.45) is 0.000123. The monoisotopic (exact) mass is 314 g/mol. The Hall–Kier alpha value is -3.16. The number of amides is 3. The molecule has 0 unspecified atom stereocenters. The Balaban J connectivity index is 1.55. The number of benzene rings is 1. The summed E-state index contributed by atoms with van der Waals surface area (Å²) in [7, 11) is 0. The maximum atomic E-state index is 12.1. The first-order chi connectivity index (χ1) is 11.1. The Labute approximate surface area is 130 Å². The van der Waals surface area contributed by atoms with Gasteiger partial charge in [0, 0.05) is 19.0 Å². The van der Waals surface area contributed by atoms with Crippen LogP contribution in [0.3, 0.4) is 0 Å². The van der Waals surface area contributed by atoms with E-state index < -0.39 is 0 Å². The Morgan fingerprint density at radius 1 is 1.04 bits per heavy atom. The average molecular weight is 314 g/mol. The van der Waals surface area contributed by atoms with E-state index >= 15 is 0 Å². The zero-order chi connectivity index (χ0) is 16.4. The first-order valence-corrected chi connectivity index (χ1v) is 7.05. The Morgan fingerprint density at radius 2 is 1.70 bits per heavy atom. The van der Waals surface area contributed by atoms with Crippen molar-refractivity contribution in [2.24, 2.45) is 0 Å². The number of hydrogen-bond acceptors (Lipinski definition) is 4. The van der Waals surface area contributed by atoms with Crippen LogP contribution in [-0.4, -0.2) is 39.4 Å². The van der Waals surface area contributed by atoms with E-state index in [-0.39, 0.29) is 42.8 Å². The molecule has 1 aliphatic heterocycles. The standard InChI is InChI=1S/C15H14N4O4/c20-12(16-8-9-7-13(21)18-17-9)5-6-19-14(22)10-3-1-2-4-11(10)15(19)23/h1-4,7H,5-6,8H2,(H,16,20)(H2,17,18,21). The maximum absolute atomic E-state index is 12.1. The van der Waals surface area contributed by atoms with Crippen LogP contribution in [0.5, 0.6) is 0 Å². The summed E-state index contributed by atoms with van der Waals surface area (Å²) in [5.74, 6) is -1.08. The highest BCUT2D eigenvalue weighted by molar-refractivity contribution is 6.21. The minimum Gasteiger partial charge on any atom is -0.350 e. The molecule has 0 radical (unpaired) electrons. The largest absolute Gasteiger partial charge is 0.350 e. The molecule has 2 heterocycles. The molecule has 3 amide bonds. The van der Waals surface area contributed by atoms with Crippen molar-refractivity contribution in [3.05, 3.63) is 57.5 Å². The van der Waals surface area contributed by atoms with E-state index in [0.717, 1.165) is 4.90 Å². The Bertz CT molecular complexity index is 801. The third kappa shape index (κ3) is 2.91. The fourth-order valence-electron chi connectivity index (χ4n) is 2.41. The van der Waals surface area contributed by atoms with Gasteiger partial charge in [0.1, 0.15) is 0 Å². The van der Waals surface area contributed by atoms with Crippen LogP contribution in [0, 0.1) is 0 Å². The van der Waals surface area contributed by atoms with E-state index in [1.165, 1.54) is 6.07 Å². The Morgan fingerprint density at radius 3 is 2.26 bits per heavy atom. The first-order valence-electron chi connectivity index (χ1n) is 7.05. The minimum atomic E-state index is -0.381. The van der Waals surface area contributed by atoms with Crippen molar-refractivity contribution in [1.29, 1.82) is 0 Å². The fraction of sp³-hybridized carbons (Fsp3) is 0.200. The van der Waals surface area contributed by atoms with Gasteiger partial charge in [-0.1, -0.05) is 12.1 Å². The van der Waals surface area contributed by atoms with E-state index in [4.69, 9.17) is 0 Å². The molecule has 0 saturated heterocycles. The van der Waals surface area contributed by atoms with Gasteiger partial charge in [0.25, 0.3) is 17.4 Å². The Kier molecular flexibility index (Phi) is 3.80. The van der Waals surface area contributed by atoms with Crippen molar-refractivity contribution < 1.29 is 14.4 Å².